The van der Waals surface area contributed by atoms with Crippen molar-refractivity contribution in [2.24, 2.45) is 0 Å². The van der Waals surface area contributed by atoms with Crippen LogP contribution in [-0.4, -0.2) is 56.6 Å². The summed E-state index contributed by atoms with van der Waals surface area (Å²) in [5.74, 6) is -0.665. The molecule has 2 aromatic rings. The molecule has 0 spiro atoms. The summed E-state index contributed by atoms with van der Waals surface area (Å²) in [6, 6.07) is 12.5. The van der Waals surface area contributed by atoms with Crippen LogP contribution in [0.2, 0.25) is 0 Å². The third-order valence-electron chi connectivity index (χ3n) is 4.94. The number of nitrogens with one attached hydrogen (secondary N) is 1. The topological polar surface area (TPSA) is 61.9 Å². The van der Waals surface area contributed by atoms with Crippen LogP contribution >= 0.6 is 15.9 Å². The molecule has 7 heteroatoms. The molecule has 1 fully saturated rings. The number of esters is 1. The number of carbonyl (C=O) groups is 2. The van der Waals surface area contributed by atoms with Gasteiger partial charge >= 0.3 is 5.97 Å². The number of anilines is 2. The van der Waals surface area contributed by atoms with Crippen LogP contribution in [0.25, 0.3) is 0 Å². The highest BCUT2D eigenvalue weighted by Crippen LogP contribution is 2.30. The molecule has 2 aromatic carbocycles. The highest BCUT2D eigenvalue weighted by atomic mass is 79.9. The quantitative estimate of drug-likeness (QED) is 0.711. The van der Waals surface area contributed by atoms with Crippen molar-refractivity contribution < 1.29 is 14.3 Å². The van der Waals surface area contributed by atoms with Gasteiger partial charge in [-0.15, -0.1) is 0 Å². The van der Waals surface area contributed by atoms with Crippen LogP contribution in [0.4, 0.5) is 11.4 Å². The molecule has 1 amide bonds. The molecule has 0 aromatic heterocycles. The van der Waals surface area contributed by atoms with E-state index < -0.39 is 5.97 Å². The lowest BCUT2D eigenvalue weighted by molar-refractivity contribution is 0.0600. The maximum Gasteiger partial charge on any atom is 0.337 e. The Hall–Kier alpha value is -2.38. The SMILES string of the molecule is CCN1CCN(c2ccc(C(=O)OC)cc2NC(=O)c2ccccc2Br)CC1. The normalized spacial score (nSPS) is 14.6. The second kappa shape index (κ2) is 9.21. The van der Waals surface area contributed by atoms with Gasteiger partial charge < -0.3 is 19.9 Å². The average Bonchev–Trinajstić information content (AvgIpc) is 2.73. The Kier molecular flexibility index (Phi) is 6.70. The van der Waals surface area contributed by atoms with Crippen molar-refractivity contribution in [3.63, 3.8) is 0 Å². The van der Waals surface area contributed by atoms with E-state index in [0.717, 1.165) is 42.9 Å². The molecule has 1 aliphatic rings. The predicted octanol–water partition coefficient (Wildman–Crippen LogP) is 3.63. The molecule has 148 valence electrons. The van der Waals surface area contributed by atoms with Gasteiger partial charge in [0.15, 0.2) is 0 Å². The van der Waals surface area contributed by atoms with E-state index in [-0.39, 0.29) is 5.91 Å². The molecular weight excluding hydrogens is 422 g/mol. The lowest BCUT2D eigenvalue weighted by Gasteiger charge is -2.36. The van der Waals surface area contributed by atoms with Crippen LogP contribution in [0.5, 0.6) is 0 Å². The van der Waals surface area contributed by atoms with E-state index in [1.54, 1.807) is 18.2 Å². The van der Waals surface area contributed by atoms with Crippen LogP contribution in [0, 0.1) is 0 Å². The lowest BCUT2D eigenvalue weighted by atomic mass is 10.1. The van der Waals surface area contributed by atoms with Crippen LogP contribution in [0.1, 0.15) is 27.6 Å². The summed E-state index contributed by atoms with van der Waals surface area (Å²) in [6.45, 7) is 6.84. The first-order chi connectivity index (χ1) is 13.5. The Morgan fingerprint density at radius 1 is 1.11 bits per heavy atom. The first-order valence-electron chi connectivity index (χ1n) is 9.29. The Labute approximate surface area is 173 Å². The van der Waals surface area contributed by atoms with Gasteiger partial charge in [-0.3, -0.25) is 4.79 Å². The summed E-state index contributed by atoms with van der Waals surface area (Å²) >= 11 is 3.42. The van der Waals surface area contributed by atoms with Gasteiger partial charge in [-0.2, -0.15) is 0 Å². The number of piperazine rings is 1. The molecule has 0 radical (unpaired) electrons. The molecule has 6 nitrogen and oxygen atoms in total. The Morgan fingerprint density at radius 2 is 1.82 bits per heavy atom. The van der Waals surface area contributed by atoms with Crippen molar-refractivity contribution in [1.29, 1.82) is 0 Å². The molecular formula is C21H24BrN3O3. The van der Waals surface area contributed by atoms with Gasteiger partial charge in [-0.05, 0) is 52.8 Å². The molecule has 1 heterocycles. The third kappa shape index (κ3) is 4.54. The van der Waals surface area contributed by atoms with Crippen LogP contribution < -0.4 is 10.2 Å². The fourth-order valence-corrected chi connectivity index (χ4v) is 3.76. The van der Waals surface area contributed by atoms with Gasteiger partial charge in [0.25, 0.3) is 5.91 Å². The van der Waals surface area contributed by atoms with Gasteiger partial charge in [0.2, 0.25) is 0 Å². The number of benzene rings is 2. The van der Waals surface area contributed by atoms with Crippen molar-refractivity contribution in [2.45, 2.75) is 6.92 Å². The minimum Gasteiger partial charge on any atom is -0.465 e. The molecule has 0 saturated carbocycles. The van der Waals surface area contributed by atoms with E-state index in [9.17, 15) is 9.59 Å². The van der Waals surface area contributed by atoms with Gasteiger partial charge in [-0.25, -0.2) is 4.79 Å². The predicted molar refractivity (Wildman–Crippen MR) is 114 cm³/mol. The zero-order valence-corrected chi connectivity index (χ0v) is 17.7. The first-order valence-corrected chi connectivity index (χ1v) is 10.1. The number of halogens is 1. The first kappa shape index (κ1) is 20.4. The molecule has 28 heavy (non-hydrogen) atoms. The number of hydrogen-bond acceptors (Lipinski definition) is 5. The summed E-state index contributed by atoms with van der Waals surface area (Å²) in [4.78, 5) is 29.4. The summed E-state index contributed by atoms with van der Waals surface area (Å²) in [5.41, 5.74) is 2.45. The van der Waals surface area contributed by atoms with E-state index in [0.29, 0.717) is 16.8 Å². The number of ether oxygens (including phenoxy) is 1. The molecule has 1 saturated heterocycles. The number of carbonyl (C=O) groups excluding carboxylic acids is 2. The summed E-state index contributed by atoms with van der Waals surface area (Å²) < 4.78 is 5.55. The maximum absolute atomic E-state index is 12.8. The Bertz CT molecular complexity index is 864. The highest BCUT2D eigenvalue weighted by Gasteiger charge is 2.21. The number of rotatable bonds is 5. The van der Waals surface area contributed by atoms with Gasteiger partial charge in [-0.1, -0.05) is 19.1 Å². The number of methoxy groups -OCH3 is 1. The van der Waals surface area contributed by atoms with Gasteiger partial charge in [0, 0.05) is 30.7 Å². The zero-order valence-electron chi connectivity index (χ0n) is 16.1. The summed E-state index contributed by atoms with van der Waals surface area (Å²) in [5, 5.41) is 2.98. The minimum atomic E-state index is -0.432. The van der Waals surface area contributed by atoms with E-state index in [2.05, 4.69) is 38.0 Å². The van der Waals surface area contributed by atoms with Crippen molar-refractivity contribution in [2.75, 3.05) is 50.1 Å². The molecule has 0 bridgehead atoms. The van der Waals surface area contributed by atoms with Crippen molar-refractivity contribution in [1.82, 2.24) is 4.90 Å². The summed E-state index contributed by atoms with van der Waals surface area (Å²) in [7, 11) is 1.35. The fourth-order valence-electron chi connectivity index (χ4n) is 3.30. The molecule has 1 N–H and O–H groups in total. The average molecular weight is 446 g/mol. The van der Waals surface area contributed by atoms with E-state index >= 15 is 0 Å². The zero-order chi connectivity index (χ0) is 20.1. The lowest BCUT2D eigenvalue weighted by Crippen LogP contribution is -2.46. The third-order valence-corrected chi connectivity index (χ3v) is 5.64. The molecule has 3 rings (SSSR count). The van der Waals surface area contributed by atoms with Crippen LogP contribution in [0.3, 0.4) is 0 Å². The monoisotopic (exact) mass is 445 g/mol. The fraction of sp³-hybridized carbons (Fsp3) is 0.333. The number of amides is 1. The van der Waals surface area contributed by atoms with Crippen LogP contribution in [0.15, 0.2) is 46.9 Å². The summed E-state index contributed by atoms with van der Waals surface area (Å²) in [6.07, 6.45) is 0. The van der Waals surface area contributed by atoms with Crippen molar-refractivity contribution in [3.05, 3.63) is 58.1 Å². The highest BCUT2D eigenvalue weighted by molar-refractivity contribution is 9.10. The van der Waals surface area contributed by atoms with Gasteiger partial charge in [0.1, 0.15) is 0 Å². The molecule has 0 atom stereocenters. The molecule has 0 aliphatic carbocycles. The number of hydrogen-bond donors (Lipinski definition) is 1. The van der Waals surface area contributed by atoms with E-state index in [1.807, 2.05) is 24.3 Å². The number of nitrogens with zero attached hydrogens (tertiary/aromatic N) is 2. The largest absolute Gasteiger partial charge is 0.465 e. The van der Waals surface area contributed by atoms with Crippen LogP contribution in [-0.2, 0) is 4.74 Å². The Morgan fingerprint density at radius 3 is 2.46 bits per heavy atom. The second-order valence-corrected chi connectivity index (χ2v) is 7.43. The second-order valence-electron chi connectivity index (χ2n) is 6.58. The van der Waals surface area contributed by atoms with Crippen molar-refractivity contribution >= 4 is 39.2 Å². The number of likely N-dealkylation sites (N-methyl/N-ethyl adjacent to an activating group) is 1. The molecule has 0 unspecified atom stereocenters. The Balaban J connectivity index is 1.91. The van der Waals surface area contributed by atoms with E-state index in [1.165, 1.54) is 7.11 Å². The molecule has 1 aliphatic heterocycles. The standard InChI is InChI=1S/C21H24BrN3O3/c1-3-24-10-12-25(13-11-24)19-9-8-15(21(27)28-2)14-18(19)23-20(26)16-6-4-5-7-17(16)22/h4-9,14H,3,10-13H2,1-2H3,(H,23,26). The maximum atomic E-state index is 12.8. The van der Waals surface area contributed by atoms with Gasteiger partial charge in [0.05, 0.1) is 29.6 Å². The minimum absolute atomic E-state index is 0.233. The van der Waals surface area contributed by atoms with E-state index in [4.69, 9.17) is 4.74 Å². The smallest absolute Gasteiger partial charge is 0.337 e. The van der Waals surface area contributed by atoms with Crippen molar-refractivity contribution in [3.8, 4) is 0 Å².